The van der Waals surface area contributed by atoms with Gasteiger partial charge in [0.1, 0.15) is 0 Å². The molecule has 0 amide bonds. The Morgan fingerprint density at radius 2 is 1.61 bits per heavy atom. The molecule has 0 fully saturated rings. The van der Waals surface area contributed by atoms with Gasteiger partial charge in [0, 0.05) is 28.7 Å². The highest BCUT2D eigenvalue weighted by molar-refractivity contribution is 7.80. The number of halogens is 5. The summed E-state index contributed by atoms with van der Waals surface area (Å²) in [6.45, 7) is 15.0. The average molecular weight is 594 g/mol. The third-order valence-corrected chi connectivity index (χ3v) is 9.60. The molecule has 0 spiro atoms. The molecule has 0 aromatic heterocycles. The predicted molar refractivity (Wildman–Crippen MR) is 162 cm³/mol. The van der Waals surface area contributed by atoms with Crippen molar-refractivity contribution in [1.29, 1.82) is 0 Å². The molecule has 41 heavy (non-hydrogen) atoms. The van der Waals surface area contributed by atoms with E-state index in [-0.39, 0.29) is 22.1 Å². The van der Waals surface area contributed by atoms with Crippen molar-refractivity contribution in [1.82, 2.24) is 5.32 Å². The number of nitrogens with one attached hydrogen (secondary N) is 1. The van der Waals surface area contributed by atoms with Crippen molar-refractivity contribution >= 4 is 17.1 Å². The molecule has 7 heteroatoms. The molecule has 0 heterocycles. The predicted octanol–water partition coefficient (Wildman–Crippen LogP) is 9.58. The summed E-state index contributed by atoms with van der Waals surface area (Å²) in [7, 11) is 0. The number of thiocarbonyl (C=S) groups is 1. The number of hydrogen-bond acceptors (Lipinski definition) is 2. The first-order valence-electron chi connectivity index (χ1n) is 14.8. The molecular weight excluding hydrogens is 549 g/mol. The largest absolute Gasteiger partial charge is 0.317 e. The third kappa shape index (κ3) is 6.77. The number of benzene rings is 2. The van der Waals surface area contributed by atoms with Crippen LogP contribution in [0.2, 0.25) is 0 Å². The number of hydrogen-bond donors (Lipinski definition) is 1. The molecule has 1 N–H and O–H groups in total. The lowest BCUT2D eigenvalue weighted by atomic mass is 9.51. The molecule has 1 nitrogen and oxygen atoms in total. The van der Waals surface area contributed by atoms with Gasteiger partial charge in [-0.25, -0.2) is 22.0 Å². The fourth-order valence-corrected chi connectivity index (χ4v) is 7.00. The maximum absolute atomic E-state index is 14.4. The van der Waals surface area contributed by atoms with E-state index in [2.05, 4.69) is 52.1 Å². The van der Waals surface area contributed by atoms with E-state index in [4.69, 9.17) is 12.2 Å². The molecule has 2 aromatic carbocycles. The van der Waals surface area contributed by atoms with Gasteiger partial charge in [-0.1, -0.05) is 70.1 Å². The Kier molecular flexibility index (Phi) is 11.3. The lowest BCUT2D eigenvalue weighted by Crippen LogP contribution is -2.48. The van der Waals surface area contributed by atoms with E-state index in [1.807, 2.05) is 13.0 Å². The minimum absolute atomic E-state index is 0.0547. The van der Waals surface area contributed by atoms with E-state index in [0.29, 0.717) is 6.42 Å². The molecule has 1 aliphatic rings. The summed E-state index contributed by atoms with van der Waals surface area (Å²) in [4.78, 5) is 0.241. The second-order valence-electron chi connectivity index (χ2n) is 12.1. The summed E-state index contributed by atoms with van der Waals surface area (Å²) in [5.74, 6) is -9.66. The van der Waals surface area contributed by atoms with Crippen LogP contribution in [0.25, 0.3) is 0 Å². The Hall–Kier alpha value is -2.12. The summed E-state index contributed by atoms with van der Waals surface area (Å²) in [5.41, 5.74) is 5.28. The molecule has 0 saturated heterocycles. The Labute approximate surface area is 248 Å². The van der Waals surface area contributed by atoms with Crippen molar-refractivity contribution in [3.05, 3.63) is 80.7 Å². The molecule has 0 aliphatic heterocycles. The van der Waals surface area contributed by atoms with Crippen LogP contribution >= 0.6 is 12.2 Å². The minimum atomic E-state index is -2.15. The monoisotopic (exact) mass is 593 g/mol. The third-order valence-electron chi connectivity index (χ3n) is 9.31. The first-order valence-corrected chi connectivity index (χ1v) is 15.2. The molecule has 0 unspecified atom stereocenters. The fraction of sp³-hybridized carbons (Fsp3) is 0.559. The maximum atomic E-state index is 14.4. The van der Waals surface area contributed by atoms with Gasteiger partial charge in [0.25, 0.3) is 0 Å². The molecule has 1 atom stereocenters. The van der Waals surface area contributed by atoms with E-state index in [1.165, 1.54) is 22.3 Å². The zero-order valence-electron chi connectivity index (χ0n) is 25.3. The summed E-state index contributed by atoms with van der Waals surface area (Å²) >= 11 is 5.53. The van der Waals surface area contributed by atoms with Gasteiger partial charge < -0.3 is 5.32 Å². The standard InChI is InChI=1S/C34H44F5NS/c1-7-10-16-40-17-15-34(27-21(4)23(9-3)11-12-24(27)13-14-33(34,5)6)20-22(8-2)18-25(41)19-26-28(35)30(37)32(39)31(38)29(26)36/h8,11-12,40H,7,9-10,13-20H2,1-6H3/b22-8-/t34-/m1/s1. The normalized spacial score (nSPS) is 18.5. The smallest absolute Gasteiger partial charge is 0.200 e. The van der Waals surface area contributed by atoms with Gasteiger partial charge in [-0.2, -0.15) is 0 Å². The highest BCUT2D eigenvalue weighted by Crippen LogP contribution is 2.56. The molecule has 226 valence electrons. The van der Waals surface area contributed by atoms with Crippen molar-refractivity contribution in [3.8, 4) is 0 Å². The quantitative estimate of drug-likeness (QED) is 0.0620. The van der Waals surface area contributed by atoms with Crippen LogP contribution in [0.4, 0.5) is 22.0 Å². The van der Waals surface area contributed by atoms with Crippen molar-refractivity contribution in [2.45, 2.75) is 105 Å². The fourth-order valence-electron chi connectivity index (χ4n) is 6.67. The van der Waals surface area contributed by atoms with Crippen LogP contribution in [0.5, 0.6) is 0 Å². The number of aryl methyl sites for hydroxylation is 2. The second kappa shape index (κ2) is 13.9. The van der Waals surface area contributed by atoms with Crippen molar-refractivity contribution in [2.75, 3.05) is 13.1 Å². The highest BCUT2D eigenvalue weighted by Gasteiger charge is 2.50. The van der Waals surface area contributed by atoms with Gasteiger partial charge in [0.15, 0.2) is 23.3 Å². The van der Waals surface area contributed by atoms with Gasteiger partial charge in [-0.3, -0.25) is 0 Å². The number of allylic oxidation sites excluding steroid dienone is 2. The van der Waals surface area contributed by atoms with Crippen LogP contribution in [0, 0.1) is 41.4 Å². The van der Waals surface area contributed by atoms with E-state index in [9.17, 15) is 22.0 Å². The Balaban J connectivity index is 2.00. The summed E-state index contributed by atoms with van der Waals surface area (Å²) < 4.78 is 70.1. The van der Waals surface area contributed by atoms with Crippen LogP contribution in [-0.4, -0.2) is 18.0 Å². The summed E-state index contributed by atoms with van der Waals surface area (Å²) in [6.07, 6.45) is 8.54. The van der Waals surface area contributed by atoms with Crippen LogP contribution in [-0.2, 0) is 24.7 Å². The van der Waals surface area contributed by atoms with Gasteiger partial charge >= 0.3 is 0 Å². The average Bonchev–Trinajstić information content (AvgIpc) is 2.94. The van der Waals surface area contributed by atoms with Crippen molar-refractivity contribution in [3.63, 3.8) is 0 Å². The lowest BCUT2D eigenvalue weighted by molar-refractivity contribution is 0.115. The van der Waals surface area contributed by atoms with Crippen molar-refractivity contribution in [2.24, 2.45) is 5.41 Å². The Morgan fingerprint density at radius 1 is 0.976 bits per heavy atom. The number of rotatable bonds is 13. The van der Waals surface area contributed by atoms with Crippen molar-refractivity contribution < 1.29 is 22.0 Å². The number of fused-ring (bicyclic) bond motifs is 1. The lowest BCUT2D eigenvalue weighted by Gasteiger charge is -2.53. The first kappa shape index (κ1) is 33.4. The number of unbranched alkanes of at least 4 members (excludes halogenated alkanes) is 1. The van der Waals surface area contributed by atoms with Crippen LogP contribution in [0.15, 0.2) is 23.8 Å². The molecular formula is C34H44F5NS. The van der Waals surface area contributed by atoms with E-state index in [0.717, 1.165) is 57.2 Å². The zero-order chi connectivity index (χ0) is 30.5. The van der Waals surface area contributed by atoms with Crippen LogP contribution in [0.1, 0.15) is 101 Å². The first-order chi connectivity index (χ1) is 19.3. The maximum Gasteiger partial charge on any atom is 0.200 e. The molecule has 0 bridgehead atoms. The van der Waals surface area contributed by atoms with E-state index in [1.54, 1.807) is 0 Å². The van der Waals surface area contributed by atoms with E-state index < -0.39 is 41.1 Å². The second-order valence-corrected chi connectivity index (χ2v) is 12.7. The molecule has 0 saturated carbocycles. The Bertz CT molecular complexity index is 1270. The molecule has 3 rings (SSSR count). The SMILES string of the molecule is C/C=C(/CC(=S)Cc1c(F)c(F)c(F)c(F)c1F)C[C@]1(CCNCCCC)c2c(ccc(CC)c2C)CCC1(C)C. The molecule has 2 aromatic rings. The molecule has 1 aliphatic carbocycles. The van der Waals surface area contributed by atoms with Gasteiger partial charge in [-0.15, -0.1) is 0 Å². The Morgan fingerprint density at radius 3 is 2.20 bits per heavy atom. The summed E-state index contributed by atoms with van der Waals surface area (Å²) in [5, 5.41) is 3.64. The summed E-state index contributed by atoms with van der Waals surface area (Å²) in [6, 6.07) is 4.52. The van der Waals surface area contributed by atoms with Gasteiger partial charge in [-0.05, 0) is 93.1 Å². The molecule has 0 radical (unpaired) electrons. The van der Waals surface area contributed by atoms with Gasteiger partial charge in [0.05, 0.1) is 0 Å². The van der Waals surface area contributed by atoms with E-state index >= 15 is 0 Å². The highest BCUT2D eigenvalue weighted by atomic mass is 32.1. The minimum Gasteiger partial charge on any atom is -0.317 e. The zero-order valence-corrected chi connectivity index (χ0v) is 26.1. The topological polar surface area (TPSA) is 12.0 Å². The van der Waals surface area contributed by atoms with Gasteiger partial charge in [0.2, 0.25) is 5.82 Å². The van der Waals surface area contributed by atoms with Crippen LogP contribution in [0.3, 0.4) is 0 Å². The van der Waals surface area contributed by atoms with Crippen LogP contribution < -0.4 is 5.32 Å².